The van der Waals surface area contributed by atoms with Gasteiger partial charge in [-0.25, -0.2) is 9.97 Å². The minimum absolute atomic E-state index is 0.130. The molecule has 6 heteroatoms. The van der Waals surface area contributed by atoms with E-state index in [0.29, 0.717) is 12.5 Å². The van der Waals surface area contributed by atoms with Gasteiger partial charge in [0.15, 0.2) is 0 Å². The number of imidazole rings is 1. The van der Waals surface area contributed by atoms with Crippen LogP contribution in [-0.4, -0.2) is 25.6 Å². The first kappa shape index (κ1) is 11.4. The Balaban J connectivity index is 1.79. The van der Waals surface area contributed by atoms with Crippen molar-refractivity contribution in [2.75, 3.05) is 0 Å². The van der Waals surface area contributed by atoms with E-state index in [-0.39, 0.29) is 6.42 Å². The third-order valence-electron chi connectivity index (χ3n) is 2.97. The van der Waals surface area contributed by atoms with Gasteiger partial charge in [-0.1, -0.05) is 0 Å². The Labute approximate surface area is 108 Å². The Kier molecular flexibility index (Phi) is 2.87. The summed E-state index contributed by atoms with van der Waals surface area (Å²) in [4.78, 5) is 19.2. The molecule has 1 N–H and O–H groups in total. The van der Waals surface area contributed by atoms with Crippen molar-refractivity contribution in [3.05, 3.63) is 23.6 Å². The fourth-order valence-electron chi connectivity index (χ4n) is 1.89. The van der Waals surface area contributed by atoms with E-state index in [2.05, 4.69) is 14.5 Å². The van der Waals surface area contributed by atoms with Crippen LogP contribution in [0.25, 0.3) is 10.7 Å². The van der Waals surface area contributed by atoms with Crippen LogP contribution in [0, 0.1) is 0 Å². The first-order valence-corrected chi connectivity index (χ1v) is 6.80. The van der Waals surface area contributed by atoms with E-state index in [1.165, 1.54) is 12.8 Å². The van der Waals surface area contributed by atoms with Gasteiger partial charge in [0, 0.05) is 17.8 Å². The monoisotopic (exact) mass is 263 g/mol. The lowest BCUT2D eigenvalue weighted by atomic mass is 10.2. The van der Waals surface area contributed by atoms with Gasteiger partial charge in [0.25, 0.3) is 0 Å². The number of rotatable bonds is 5. The standard InChI is InChI=1S/C12H13N3O2S/c16-11(17)4-1-8-6-18-12(14-8)10-5-13-7-15(10)9-2-3-9/h5-7,9H,1-4H2,(H,16,17). The Morgan fingerprint density at radius 3 is 3.11 bits per heavy atom. The van der Waals surface area contributed by atoms with Crippen molar-refractivity contribution < 1.29 is 9.90 Å². The van der Waals surface area contributed by atoms with Crippen molar-refractivity contribution in [1.82, 2.24) is 14.5 Å². The minimum atomic E-state index is -0.785. The van der Waals surface area contributed by atoms with Gasteiger partial charge < -0.3 is 9.67 Å². The topological polar surface area (TPSA) is 68.0 Å². The van der Waals surface area contributed by atoms with E-state index in [1.54, 1.807) is 11.3 Å². The van der Waals surface area contributed by atoms with Crippen LogP contribution in [-0.2, 0) is 11.2 Å². The van der Waals surface area contributed by atoms with Crippen LogP contribution in [0.4, 0.5) is 0 Å². The fourth-order valence-corrected chi connectivity index (χ4v) is 2.76. The highest BCUT2D eigenvalue weighted by molar-refractivity contribution is 7.13. The molecule has 94 valence electrons. The fraction of sp³-hybridized carbons (Fsp3) is 0.417. The smallest absolute Gasteiger partial charge is 0.303 e. The molecule has 0 aliphatic heterocycles. The zero-order chi connectivity index (χ0) is 12.5. The Morgan fingerprint density at radius 2 is 2.39 bits per heavy atom. The molecule has 2 aromatic rings. The lowest BCUT2D eigenvalue weighted by molar-refractivity contribution is -0.136. The van der Waals surface area contributed by atoms with Gasteiger partial charge in [-0.05, 0) is 12.8 Å². The molecule has 2 heterocycles. The second-order valence-electron chi connectivity index (χ2n) is 4.46. The lowest BCUT2D eigenvalue weighted by Gasteiger charge is -2.02. The third kappa shape index (κ3) is 2.28. The number of hydrogen-bond acceptors (Lipinski definition) is 4. The molecule has 1 aliphatic carbocycles. The maximum atomic E-state index is 10.5. The first-order chi connectivity index (χ1) is 8.74. The van der Waals surface area contributed by atoms with E-state index >= 15 is 0 Å². The number of hydrogen-bond donors (Lipinski definition) is 1. The molecule has 1 aliphatic rings. The molecular formula is C12H13N3O2S. The van der Waals surface area contributed by atoms with Gasteiger partial charge in [-0.3, -0.25) is 4.79 Å². The normalized spacial score (nSPS) is 14.9. The van der Waals surface area contributed by atoms with Crippen molar-refractivity contribution in [2.24, 2.45) is 0 Å². The Morgan fingerprint density at radius 1 is 1.56 bits per heavy atom. The Bertz CT molecular complexity index is 571. The number of nitrogens with zero attached hydrogens (tertiary/aromatic N) is 3. The second kappa shape index (κ2) is 4.53. The van der Waals surface area contributed by atoms with Crippen molar-refractivity contribution in [3.8, 4) is 10.7 Å². The van der Waals surface area contributed by atoms with E-state index in [9.17, 15) is 4.79 Å². The molecule has 0 bridgehead atoms. The number of aryl methyl sites for hydroxylation is 1. The van der Waals surface area contributed by atoms with Crippen LogP contribution in [0.5, 0.6) is 0 Å². The van der Waals surface area contributed by atoms with Crippen molar-refractivity contribution in [2.45, 2.75) is 31.7 Å². The molecule has 0 amide bonds. The summed E-state index contributed by atoms with van der Waals surface area (Å²) in [5, 5.41) is 11.5. The van der Waals surface area contributed by atoms with E-state index in [4.69, 9.17) is 5.11 Å². The molecule has 2 aromatic heterocycles. The highest BCUT2D eigenvalue weighted by atomic mass is 32.1. The van der Waals surface area contributed by atoms with Gasteiger partial charge >= 0.3 is 5.97 Å². The number of aromatic nitrogens is 3. The van der Waals surface area contributed by atoms with E-state index in [0.717, 1.165) is 16.4 Å². The summed E-state index contributed by atoms with van der Waals surface area (Å²) < 4.78 is 2.17. The average Bonchev–Trinajstić information content (AvgIpc) is 2.91. The summed E-state index contributed by atoms with van der Waals surface area (Å²) in [6, 6.07) is 0.578. The van der Waals surface area contributed by atoms with Crippen molar-refractivity contribution >= 4 is 17.3 Å². The van der Waals surface area contributed by atoms with E-state index in [1.807, 2.05) is 17.9 Å². The molecule has 0 aromatic carbocycles. The van der Waals surface area contributed by atoms with Crippen LogP contribution >= 0.6 is 11.3 Å². The molecule has 5 nitrogen and oxygen atoms in total. The van der Waals surface area contributed by atoms with Gasteiger partial charge in [-0.2, -0.15) is 0 Å². The summed E-state index contributed by atoms with van der Waals surface area (Å²) in [5.41, 5.74) is 1.89. The van der Waals surface area contributed by atoms with Crippen molar-refractivity contribution in [1.29, 1.82) is 0 Å². The van der Waals surface area contributed by atoms with Gasteiger partial charge in [0.05, 0.1) is 30.3 Å². The molecule has 0 saturated heterocycles. The van der Waals surface area contributed by atoms with Gasteiger partial charge in [-0.15, -0.1) is 11.3 Å². The zero-order valence-corrected chi connectivity index (χ0v) is 10.6. The average molecular weight is 263 g/mol. The lowest BCUT2D eigenvalue weighted by Crippen LogP contribution is -1.98. The highest BCUT2D eigenvalue weighted by Crippen LogP contribution is 2.38. The number of thiazole rings is 1. The number of carbonyl (C=O) groups is 1. The van der Waals surface area contributed by atoms with Crippen molar-refractivity contribution in [3.63, 3.8) is 0 Å². The SMILES string of the molecule is O=C(O)CCc1csc(-c2cncn2C2CC2)n1. The molecule has 0 spiro atoms. The van der Waals surface area contributed by atoms with Gasteiger partial charge in [0.1, 0.15) is 5.01 Å². The van der Waals surface area contributed by atoms with Gasteiger partial charge in [0.2, 0.25) is 0 Å². The molecule has 0 unspecified atom stereocenters. The predicted octanol–water partition coefficient (Wildman–Crippen LogP) is 2.36. The summed E-state index contributed by atoms with van der Waals surface area (Å²) in [6.45, 7) is 0. The largest absolute Gasteiger partial charge is 0.481 e. The highest BCUT2D eigenvalue weighted by Gasteiger charge is 2.26. The third-order valence-corrected chi connectivity index (χ3v) is 3.89. The summed E-state index contributed by atoms with van der Waals surface area (Å²) in [6.07, 6.45) is 6.72. The maximum Gasteiger partial charge on any atom is 0.303 e. The number of aliphatic carboxylic acids is 1. The summed E-state index contributed by atoms with van der Waals surface area (Å²) in [7, 11) is 0. The molecule has 3 rings (SSSR count). The van der Waals surface area contributed by atoms with Crippen LogP contribution in [0.15, 0.2) is 17.9 Å². The number of carboxylic acids is 1. The van der Waals surface area contributed by atoms with Crippen LogP contribution in [0.2, 0.25) is 0 Å². The quantitative estimate of drug-likeness (QED) is 0.899. The second-order valence-corrected chi connectivity index (χ2v) is 5.31. The van der Waals surface area contributed by atoms with Crippen LogP contribution in [0.3, 0.4) is 0 Å². The molecule has 0 atom stereocenters. The molecule has 18 heavy (non-hydrogen) atoms. The first-order valence-electron chi connectivity index (χ1n) is 5.92. The maximum absolute atomic E-state index is 10.5. The molecule has 0 radical (unpaired) electrons. The van der Waals surface area contributed by atoms with E-state index < -0.39 is 5.97 Å². The minimum Gasteiger partial charge on any atom is -0.481 e. The molecular weight excluding hydrogens is 250 g/mol. The zero-order valence-electron chi connectivity index (χ0n) is 9.74. The van der Waals surface area contributed by atoms with Crippen LogP contribution < -0.4 is 0 Å². The number of carboxylic acid groups (broad SMARTS) is 1. The molecule has 1 saturated carbocycles. The summed E-state index contributed by atoms with van der Waals surface area (Å²) >= 11 is 1.55. The van der Waals surface area contributed by atoms with Crippen LogP contribution in [0.1, 0.15) is 31.0 Å². The Hall–Kier alpha value is -1.69. The summed E-state index contributed by atoms with van der Waals surface area (Å²) in [5.74, 6) is -0.785. The predicted molar refractivity (Wildman–Crippen MR) is 67.6 cm³/mol. The molecule has 1 fully saturated rings.